The van der Waals surface area contributed by atoms with Crippen molar-refractivity contribution >= 4 is 23.1 Å². The Balaban J connectivity index is 2.32. The van der Waals surface area contributed by atoms with Crippen molar-refractivity contribution in [3.63, 3.8) is 0 Å². The molecule has 0 amide bonds. The van der Waals surface area contributed by atoms with Crippen LogP contribution in [0.4, 0.5) is 13.2 Å². The number of benzene rings is 1. The molecule has 0 aliphatic heterocycles. The van der Waals surface area contributed by atoms with Crippen LogP contribution in [0.3, 0.4) is 0 Å². The summed E-state index contributed by atoms with van der Waals surface area (Å²) in [4.78, 5) is 4.57. The maximum absolute atomic E-state index is 13.0. The fraction of sp³-hybridized carbons (Fsp3) is 0.250. The smallest absolute Gasteiger partial charge is 0.330 e. The van der Waals surface area contributed by atoms with Crippen LogP contribution in [0.25, 0.3) is 0 Å². The van der Waals surface area contributed by atoms with Gasteiger partial charge in [-0.15, -0.1) is 11.3 Å². The van der Waals surface area contributed by atoms with Crippen LogP contribution in [0.2, 0.25) is 0 Å². The van der Waals surface area contributed by atoms with E-state index in [0.717, 1.165) is 10.4 Å². The van der Waals surface area contributed by atoms with Gasteiger partial charge in [-0.3, -0.25) is 0 Å². The second-order valence-electron chi connectivity index (χ2n) is 3.76. The third-order valence-corrected chi connectivity index (χ3v) is 4.29. The summed E-state index contributed by atoms with van der Waals surface area (Å²) >= 11 is 2.62. The number of aromatic nitrogens is 1. The number of nitrogens with two attached hydrogens (primary N) is 1. The molecule has 0 aliphatic rings. The minimum Gasteiger partial charge on any atom is -0.330 e. The van der Waals surface area contributed by atoms with Gasteiger partial charge in [0.25, 0.3) is 0 Å². The van der Waals surface area contributed by atoms with Gasteiger partial charge in [-0.25, -0.2) is 4.98 Å². The first-order valence-corrected chi connectivity index (χ1v) is 7.18. The Morgan fingerprint density at radius 2 is 2.11 bits per heavy atom. The van der Waals surface area contributed by atoms with E-state index >= 15 is 0 Å². The number of hydrogen-bond donors (Lipinski definition) is 1. The SMILES string of the molecule is NCCc1ccc(Sc2nccs2)cc1C(F)(F)F. The first-order valence-electron chi connectivity index (χ1n) is 5.48. The number of hydrogen-bond acceptors (Lipinski definition) is 4. The van der Waals surface area contributed by atoms with Crippen LogP contribution >= 0.6 is 23.1 Å². The highest BCUT2D eigenvalue weighted by molar-refractivity contribution is 8.01. The van der Waals surface area contributed by atoms with Gasteiger partial charge in [0, 0.05) is 16.5 Å². The topological polar surface area (TPSA) is 38.9 Å². The molecule has 2 rings (SSSR count). The highest BCUT2D eigenvalue weighted by atomic mass is 32.2. The highest BCUT2D eigenvalue weighted by Crippen LogP contribution is 2.37. The van der Waals surface area contributed by atoms with E-state index in [0.29, 0.717) is 4.90 Å². The van der Waals surface area contributed by atoms with E-state index < -0.39 is 11.7 Å². The van der Waals surface area contributed by atoms with Crippen LogP contribution in [0, 0.1) is 0 Å². The Kier molecular flexibility index (Phi) is 4.49. The summed E-state index contributed by atoms with van der Waals surface area (Å²) in [5.74, 6) is 0. The van der Waals surface area contributed by atoms with Crippen molar-refractivity contribution in [2.75, 3.05) is 6.54 Å². The van der Waals surface area contributed by atoms with Gasteiger partial charge in [0.1, 0.15) is 0 Å². The van der Waals surface area contributed by atoms with Gasteiger partial charge in [-0.05, 0) is 30.7 Å². The molecule has 0 bridgehead atoms. The fourth-order valence-corrected chi connectivity index (χ4v) is 3.25. The van der Waals surface area contributed by atoms with Gasteiger partial charge in [-0.2, -0.15) is 13.2 Å². The molecule has 0 saturated heterocycles. The zero-order valence-corrected chi connectivity index (χ0v) is 11.4. The molecule has 2 aromatic rings. The average Bonchev–Trinajstić information content (AvgIpc) is 2.83. The molecule has 0 fully saturated rings. The molecule has 0 atom stereocenters. The summed E-state index contributed by atoms with van der Waals surface area (Å²) in [5.41, 5.74) is 4.96. The molecular formula is C12H11F3N2S2. The first kappa shape index (κ1) is 14.4. The number of halogens is 3. The molecule has 1 aromatic carbocycles. The highest BCUT2D eigenvalue weighted by Gasteiger charge is 2.33. The number of thiazole rings is 1. The molecule has 7 heteroatoms. The Bertz CT molecular complexity index is 538. The van der Waals surface area contributed by atoms with Crippen LogP contribution in [-0.2, 0) is 12.6 Å². The lowest BCUT2D eigenvalue weighted by molar-refractivity contribution is -0.138. The summed E-state index contributed by atoms with van der Waals surface area (Å²) in [6.07, 6.45) is -2.51. The Morgan fingerprint density at radius 3 is 2.68 bits per heavy atom. The summed E-state index contributed by atoms with van der Waals surface area (Å²) in [6, 6.07) is 4.33. The maximum Gasteiger partial charge on any atom is 0.416 e. The van der Waals surface area contributed by atoms with Crippen LogP contribution in [0.15, 0.2) is 39.0 Å². The van der Waals surface area contributed by atoms with E-state index in [-0.39, 0.29) is 18.5 Å². The second-order valence-corrected chi connectivity index (χ2v) is 5.97. The van der Waals surface area contributed by atoms with Crippen LogP contribution in [-0.4, -0.2) is 11.5 Å². The lowest BCUT2D eigenvalue weighted by Crippen LogP contribution is -2.12. The van der Waals surface area contributed by atoms with Crippen molar-refractivity contribution in [2.45, 2.75) is 21.8 Å². The molecule has 0 unspecified atom stereocenters. The summed E-state index contributed by atoms with van der Waals surface area (Å²) in [5, 5.41) is 1.79. The number of alkyl halides is 3. The molecule has 1 aromatic heterocycles. The summed E-state index contributed by atoms with van der Waals surface area (Å²) < 4.78 is 39.6. The van der Waals surface area contributed by atoms with Crippen molar-refractivity contribution < 1.29 is 13.2 Å². The Hall–Kier alpha value is -1.05. The van der Waals surface area contributed by atoms with Crippen LogP contribution in [0.1, 0.15) is 11.1 Å². The van der Waals surface area contributed by atoms with Crippen LogP contribution < -0.4 is 5.73 Å². The summed E-state index contributed by atoms with van der Waals surface area (Å²) in [6.45, 7) is 0.196. The number of rotatable bonds is 4. The standard InChI is InChI=1S/C12H11F3N2S2/c13-12(14,15)10-7-9(2-1-8(10)3-4-16)19-11-17-5-6-18-11/h1-2,5-7H,3-4,16H2. The molecule has 19 heavy (non-hydrogen) atoms. The zero-order valence-electron chi connectivity index (χ0n) is 9.78. The normalized spacial score (nSPS) is 11.8. The van der Waals surface area contributed by atoms with Crippen molar-refractivity contribution in [1.29, 1.82) is 0 Å². The molecule has 0 saturated carbocycles. The van der Waals surface area contributed by atoms with Gasteiger partial charge in [-0.1, -0.05) is 17.8 Å². The zero-order chi connectivity index (χ0) is 13.9. The average molecular weight is 304 g/mol. The lowest BCUT2D eigenvalue weighted by atomic mass is 10.0. The molecule has 102 valence electrons. The van der Waals surface area contributed by atoms with Gasteiger partial charge >= 0.3 is 6.18 Å². The van der Waals surface area contributed by atoms with E-state index in [9.17, 15) is 13.2 Å². The third kappa shape index (κ3) is 3.71. The lowest BCUT2D eigenvalue weighted by Gasteiger charge is -2.13. The van der Waals surface area contributed by atoms with E-state index in [1.807, 2.05) is 0 Å². The van der Waals surface area contributed by atoms with Gasteiger partial charge in [0.05, 0.1) is 5.56 Å². The van der Waals surface area contributed by atoms with Crippen molar-refractivity contribution in [2.24, 2.45) is 5.73 Å². The Labute approximate surface area is 116 Å². The molecule has 2 nitrogen and oxygen atoms in total. The largest absolute Gasteiger partial charge is 0.416 e. The molecule has 0 spiro atoms. The first-order chi connectivity index (χ1) is 9.00. The maximum atomic E-state index is 13.0. The minimum atomic E-state index is -4.36. The minimum absolute atomic E-state index is 0.196. The molecule has 2 N–H and O–H groups in total. The quantitative estimate of drug-likeness (QED) is 0.933. The summed E-state index contributed by atoms with van der Waals surface area (Å²) in [7, 11) is 0. The van der Waals surface area contributed by atoms with E-state index in [1.54, 1.807) is 17.6 Å². The van der Waals surface area contributed by atoms with Crippen molar-refractivity contribution in [3.05, 3.63) is 40.9 Å². The Morgan fingerprint density at radius 1 is 1.32 bits per heavy atom. The van der Waals surface area contributed by atoms with Gasteiger partial charge in [0.15, 0.2) is 4.34 Å². The molecule has 1 heterocycles. The molecule has 0 aliphatic carbocycles. The van der Waals surface area contributed by atoms with Gasteiger partial charge < -0.3 is 5.73 Å². The van der Waals surface area contributed by atoms with E-state index in [4.69, 9.17) is 5.73 Å². The van der Waals surface area contributed by atoms with Gasteiger partial charge in [0.2, 0.25) is 0 Å². The third-order valence-electron chi connectivity index (χ3n) is 2.42. The predicted octanol–water partition coefficient (Wildman–Crippen LogP) is 3.81. The van der Waals surface area contributed by atoms with Crippen molar-refractivity contribution in [1.82, 2.24) is 4.98 Å². The molecular weight excluding hydrogens is 293 g/mol. The predicted molar refractivity (Wildman–Crippen MR) is 70.4 cm³/mol. The fourth-order valence-electron chi connectivity index (χ4n) is 1.62. The second kappa shape index (κ2) is 5.94. The monoisotopic (exact) mass is 304 g/mol. The van der Waals surface area contributed by atoms with Crippen LogP contribution in [0.5, 0.6) is 0 Å². The number of nitrogens with zero attached hydrogens (tertiary/aromatic N) is 1. The molecule has 0 radical (unpaired) electrons. The van der Waals surface area contributed by atoms with E-state index in [1.165, 1.54) is 29.2 Å². The van der Waals surface area contributed by atoms with E-state index in [2.05, 4.69) is 4.98 Å². The van der Waals surface area contributed by atoms with Crippen molar-refractivity contribution in [3.8, 4) is 0 Å².